The molecule has 16 heavy (non-hydrogen) atoms. The number of methoxy groups -OCH3 is 2. The van der Waals surface area contributed by atoms with Crippen molar-refractivity contribution in [3.05, 3.63) is 0 Å². The summed E-state index contributed by atoms with van der Waals surface area (Å²) in [5.74, 6) is -0.373. The van der Waals surface area contributed by atoms with Crippen LogP contribution in [0, 0.1) is 0 Å². The molecule has 1 N–H and O–H groups in total. The summed E-state index contributed by atoms with van der Waals surface area (Å²) < 4.78 is 14.3. The second kappa shape index (κ2) is 10.4. The first-order valence-corrected chi connectivity index (χ1v) is 5.11. The average molecular weight is 233 g/mol. The van der Waals surface area contributed by atoms with Crippen LogP contribution in [0.4, 0.5) is 0 Å². The van der Waals surface area contributed by atoms with Crippen molar-refractivity contribution in [2.45, 2.75) is 12.8 Å². The molecule has 0 aliphatic heterocycles. The molecule has 0 unspecified atom stereocenters. The second-order valence-corrected chi connectivity index (χ2v) is 3.03. The van der Waals surface area contributed by atoms with Crippen LogP contribution in [0.1, 0.15) is 12.8 Å². The molecule has 0 saturated heterocycles. The molecule has 6 nitrogen and oxygen atoms in total. The van der Waals surface area contributed by atoms with E-state index in [1.54, 1.807) is 7.11 Å². The van der Waals surface area contributed by atoms with Crippen molar-refractivity contribution >= 4 is 11.9 Å². The zero-order chi connectivity index (χ0) is 12.2. The lowest BCUT2D eigenvalue weighted by molar-refractivity contribution is -0.141. The van der Waals surface area contributed by atoms with Crippen LogP contribution in [0.15, 0.2) is 0 Å². The van der Waals surface area contributed by atoms with E-state index in [2.05, 4.69) is 10.1 Å². The molecule has 0 rings (SSSR count). The van der Waals surface area contributed by atoms with E-state index in [1.165, 1.54) is 7.11 Å². The number of nitrogens with one attached hydrogen (secondary N) is 1. The Balaban J connectivity index is 3.20. The van der Waals surface area contributed by atoms with Crippen LogP contribution in [0.3, 0.4) is 0 Å². The summed E-state index contributed by atoms with van der Waals surface area (Å²) >= 11 is 0. The highest BCUT2D eigenvalue weighted by molar-refractivity contribution is 5.75. The number of ether oxygens (including phenoxy) is 3. The van der Waals surface area contributed by atoms with E-state index in [-0.39, 0.29) is 18.3 Å². The predicted molar refractivity (Wildman–Crippen MR) is 57.0 cm³/mol. The minimum Gasteiger partial charge on any atom is -0.469 e. The Morgan fingerprint density at radius 3 is 2.44 bits per heavy atom. The van der Waals surface area contributed by atoms with Gasteiger partial charge in [-0.05, 0) is 0 Å². The Bertz CT molecular complexity index is 207. The molecule has 0 fully saturated rings. The summed E-state index contributed by atoms with van der Waals surface area (Å²) in [5.41, 5.74) is 0. The standard InChI is InChI=1S/C10H19NO5/c1-14-6-3-9(12)11-5-8-16-7-4-10(13)15-2/h3-8H2,1-2H3,(H,11,12). The molecule has 0 aliphatic carbocycles. The first-order valence-electron chi connectivity index (χ1n) is 5.11. The van der Waals surface area contributed by atoms with Gasteiger partial charge in [0.25, 0.3) is 0 Å². The fourth-order valence-corrected chi connectivity index (χ4v) is 0.905. The van der Waals surface area contributed by atoms with E-state index < -0.39 is 0 Å². The van der Waals surface area contributed by atoms with Crippen LogP contribution in [0.2, 0.25) is 0 Å². The molecule has 0 atom stereocenters. The van der Waals surface area contributed by atoms with Crippen molar-refractivity contribution in [3.63, 3.8) is 0 Å². The van der Waals surface area contributed by atoms with Gasteiger partial charge in [0.15, 0.2) is 0 Å². The lowest BCUT2D eigenvalue weighted by atomic mass is 10.4. The normalized spacial score (nSPS) is 9.88. The average Bonchev–Trinajstić information content (AvgIpc) is 2.30. The molecule has 0 spiro atoms. The van der Waals surface area contributed by atoms with E-state index in [4.69, 9.17) is 9.47 Å². The summed E-state index contributed by atoms with van der Waals surface area (Å²) in [6, 6.07) is 0. The second-order valence-electron chi connectivity index (χ2n) is 3.03. The summed E-state index contributed by atoms with van der Waals surface area (Å²) in [4.78, 5) is 21.8. The van der Waals surface area contributed by atoms with E-state index >= 15 is 0 Å². The van der Waals surface area contributed by atoms with Gasteiger partial charge in [-0.1, -0.05) is 0 Å². The van der Waals surface area contributed by atoms with Crippen LogP contribution >= 0.6 is 0 Å². The van der Waals surface area contributed by atoms with Crippen molar-refractivity contribution < 1.29 is 23.8 Å². The van der Waals surface area contributed by atoms with Gasteiger partial charge >= 0.3 is 5.97 Å². The molecule has 94 valence electrons. The molecule has 1 amide bonds. The van der Waals surface area contributed by atoms with Gasteiger partial charge in [0, 0.05) is 20.1 Å². The topological polar surface area (TPSA) is 73.9 Å². The van der Waals surface area contributed by atoms with Crippen LogP contribution in [0.25, 0.3) is 0 Å². The molecule has 0 radical (unpaired) electrons. The summed E-state index contributed by atoms with van der Waals surface area (Å²) in [6.07, 6.45) is 0.576. The molecule has 0 saturated carbocycles. The minimum absolute atomic E-state index is 0.0709. The molecule has 0 aromatic rings. The molecular formula is C10H19NO5. The van der Waals surface area contributed by atoms with Crippen molar-refractivity contribution in [2.24, 2.45) is 0 Å². The maximum atomic E-state index is 11.1. The number of hydrogen-bond donors (Lipinski definition) is 1. The first kappa shape index (κ1) is 14.9. The molecule has 6 heteroatoms. The Kier molecular flexibility index (Phi) is 9.64. The molecule has 0 aromatic heterocycles. The van der Waals surface area contributed by atoms with Gasteiger partial charge in [-0.2, -0.15) is 0 Å². The van der Waals surface area contributed by atoms with Gasteiger partial charge in [0.1, 0.15) is 0 Å². The maximum Gasteiger partial charge on any atom is 0.307 e. The zero-order valence-electron chi connectivity index (χ0n) is 9.78. The van der Waals surface area contributed by atoms with Gasteiger partial charge in [-0.25, -0.2) is 0 Å². The number of hydrogen-bond acceptors (Lipinski definition) is 5. The van der Waals surface area contributed by atoms with Gasteiger partial charge in [0.05, 0.1) is 33.4 Å². The minimum atomic E-state index is -0.302. The lowest BCUT2D eigenvalue weighted by Gasteiger charge is -2.05. The summed E-state index contributed by atoms with van der Waals surface area (Å²) in [7, 11) is 2.88. The zero-order valence-corrected chi connectivity index (χ0v) is 9.78. The SMILES string of the molecule is COCCC(=O)NCCOCCC(=O)OC. The third kappa shape index (κ3) is 9.42. The molecular weight excluding hydrogens is 214 g/mol. The first-order chi connectivity index (χ1) is 7.70. The van der Waals surface area contributed by atoms with Crippen molar-refractivity contribution in [2.75, 3.05) is 40.6 Å². The largest absolute Gasteiger partial charge is 0.469 e. The fourth-order valence-electron chi connectivity index (χ4n) is 0.905. The van der Waals surface area contributed by atoms with E-state index in [9.17, 15) is 9.59 Å². The third-order valence-corrected chi connectivity index (χ3v) is 1.78. The lowest BCUT2D eigenvalue weighted by Crippen LogP contribution is -2.28. The molecule has 0 aliphatic rings. The number of carbonyl (C=O) groups excluding carboxylic acids is 2. The van der Waals surface area contributed by atoms with E-state index in [0.29, 0.717) is 32.8 Å². The fraction of sp³-hybridized carbons (Fsp3) is 0.800. The predicted octanol–water partition coefficient (Wildman–Crippen LogP) is -0.281. The number of amides is 1. The van der Waals surface area contributed by atoms with Crippen molar-refractivity contribution in [3.8, 4) is 0 Å². The van der Waals surface area contributed by atoms with Crippen LogP contribution < -0.4 is 5.32 Å². The van der Waals surface area contributed by atoms with E-state index in [1.807, 2.05) is 0 Å². The molecule has 0 bridgehead atoms. The van der Waals surface area contributed by atoms with Gasteiger partial charge in [-0.15, -0.1) is 0 Å². The highest BCUT2D eigenvalue weighted by atomic mass is 16.5. The highest BCUT2D eigenvalue weighted by Gasteiger charge is 2.01. The van der Waals surface area contributed by atoms with Crippen LogP contribution in [0.5, 0.6) is 0 Å². The summed E-state index contributed by atoms with van der Waals surface area (Å²) in [5, 5.41) is 2.66. The van der Waals surface area contributed by atoms with Gasteiger partial charge in [-0.3, -0.25) is 9.59 Å². The Labute approximate surface area is 95.2 Å². The summed E-state index contributed by atoms with van der Waals surface area (Å²) in [6.45, 7) is 1.54. The Morgan fingerprint density at radius 1 is 1.06 bits per heavy atom. The number of esters is 1. The van der Waals surface area contributed by atoms with E-state index in [0.717, 1.165) is 0 Å². The third-order valence-electron chi connectivity index (χ3n) is 1.78. The Morgan fingerprint density at radius 2 is 1.81 bits per heavy atom. The monoisotopic (exact) mass is 233 g/mol. The van der Waals surface area contributed by atoms with Crippen LogP contribution in [-0.4, -0.2) is 52.5 Å². The van der Waals surface area contributed by atoms with Gasteiger partial charge < -0.3 is 19.5 Å². The number of carbonyl (C=O) groups is 2. The van der Waals surface area contributed by atoms with Crippen molar-refractivity contribution in [1.29, 1.82) is 0 Å². The van der Waals surface area contributed by atoms with Gasteiger partial charge in [0.2, 0.25) is 5.91 Å². The quantitative estimate of drug-likeness (QED) is 0.438. The Hall–Kier alpha value is -1.14. The molecule has 0 aromatic carbocycles. The van der Waals surface area contributed by atoms with Crippen LogP contribution in [-0.2, 0) is 23.8 Å². The number of rotatable bonds is 9. The molecule has 0 heterocycles. The smallest absolute Gasteiger partial charge is 0.307 e. The maximum absolute atomic E-state index is 11.1. The van der Waals surface area contributed by atoms with Crippen molar-refractivity contribution in [1.82, 2.24) is 5.32 Å². The highest BCUT2D eigenvalue weighted by Crippen LogP contribution is 1.86.